The Morgan fingerprint density at radius 1 is 1.38 bits per heavy atom. The van der Waals surface area contributed by atoms with Gasteiger partial charge in [0.25, 0.3) is 5.95 Å². The Morgan fingerprint density at radius 2 is 2.15 bits per heavy atom. The zero-order chi connectivity index (χ0) is 9.26. The van der Waals surface area contributed by atoms with Crippen molar-refractivity contribution in [3.63, 3.8) is 0 Å². The largest absolute Gasteiger partial charge is 0.425 e. The number of esters is 1. The number of hydrogen-bond acceptors (Lipinski definition) is 3. The van der Waals surface area contributed by atoms with Crippen LogP contribution in [0.4, 0.5) is 0 Å². The molecular weight excluding hydrogens is 168 g/mol. The highest BCUT2D eigenvalue weighted by atomic mass is 16.6. The summed E-state index contributed by atoms with van der Waals surface area (Å²) in [5.41, 5.74) is 0.721. The van der Waals surface area contributed by atoms with E-state index in [-0.39, 0.29) is 11.9 Å². The number of furan rings is 1. The first-order chi connectivity index (χ1) is 6.25. The second-order valence-corrected chi connectivity index (χ2v) is 2.70. The first kappa shape index (κ1) is 7.86. The molecule has 1 aromatic heterocycles. The molecule has 0 saturated heterocycles. The Bertz CT molecular complexity index is 409. The maximum absolute atomic E-state index is 10.6. The van der Waals surface area contributed by atoms with Crippen LogP contribution in [0.25, 0.3) is 11.0 Å². The highest BCUT2D eigenvalue weighted by Crippen LogP contribution is 2.24. The third-order valence-electron chi connectivity index (χ3n) is 1.65. The summed E-state index contributed by atoms with van der Waals surface area (Å²) in [6.45, 7) is 1.34. The lowest BCUT2D eigenvalue weighted by atomic mass is 10.3. The lowest BCUT2D eigenvalue weighted by molar-refractivity contribution is -0.132. The van der Waals surface area contributed by atoms with E-state index in [1.807, 2.05) is 24.3 Å². The van der Waals surface area contributed by atoms with Crippen LogP contribution in [0.3, 0.4) is 0 Å². The number of ether oxygens (including phenoxy) is 1. The molecule has 0 radical (unpaired) electrons. The minimum Gasteiger partial charge on any atom is -0.425 e. The van der Waals surface area contributed by atoms with Crippen molar-refractivity contribution < 1.29 is 13.9 Å². The van der Waals surface area contributed by atoms with Gasteiger partial charge >= 0.3 is 5.97 Å². The summed E-state index contributed by atoms with van der Waals surface area (Å²) < 4.78 is 10.0. The summed E-state index contributed by atoms with van der Waals surface area (Å²) in [5, 5.41) is 0.929. The van der Waals surface area contributed by atoms with Gasteiger partial charge in [-0.05, 0) is 6.07 Å². The molecule has 1 heterocycles. The van der Waals surface area contributed by atoms with Crippen molar-refractivity contribution in [1.82, 2.24) is 0 Å². The molecule has 1 aromatic carbocycles. The molecule has 0 unspecified atom stereocenters. The normalized spacial score (nSPS) is 10.2. The van der Waals surface area contributed by atoms with Crippen molar-refractivity contribution in [3.05, 3.63) is 30.3 Å². The fraction of sp³-hybridized carbons (Fsp3) is 0.100. The molecular formula is C10H8O3. The molecule has 13 heavy (non-hydrogen) atoms. The van der Waals surface area contributed by atoms with E-state index in [1.54, 1.807) is 6.07 Å². The average molecular weight is 176 g/mol. The van der Waals surface area contributed by atoms with E-state index in [0.29, 0.717) is 0 Å². The standard InChI is InChI=1S/C10H8O3/c1-7(11)12-10-6-8-4-2-3-5-9(8)13-10/h2-6H,1H3. The van der Waals surface area contributed by atoms with Crippen LogP contribution in [0.5, 0.6) is 5.95 Å². The Balaban J connectivity index is 2.44. The van der Waals surface area contributed by atoms with Gasteiger partial charge in [0, 0.05) is 18.4 Å². The lowest BCUT2D eigenvalue weighted by Gasteiger charge is -1.91. The van der Waals surface area contributed by atoms with Crippen molar-refractivity contribution in [2.75, 3.05) is 0 Å². The first-order valence-corrected chi connectivity index (χ1v) is 3.93. The zero-order valence-electron chi connectivity index (χ0n) is 7.11. The summed E-state index contributed by atoms with van der Waals surface area (Å²) in [7, 11) is 0. The highest BCUT2D eigenvalue weighted by molar-refractivity contribution is 5.79. The Hall–Kier alpha value is -1.77. The molecule has 0 aliphatic carbocycles. The summed E-state index contributed by atoms with van der Waals surface area (Å²) >= 11 is 0. The first-order valence-electron chi connectivity index (χ1n) is 3.93. The van der Waals surface area contributed by atoms with Gasteiger partial charge < -0.3 is 9.15 Å². The van der Waals surface area contributed by atoms with Crippen molar-refractivity contribution >= 4 is 16.9 Å². The van der Waals surface area contributed by atoms with Gasteiger partial charge in [-0.3, -0.25) is 4.79 Å². The fourth-order valence-corrected chi connectivity index (χ4v) is 1.15. The van der Waals surface area contributed by atoms with Crippen LogP contribution in [0.15, 0.2) is 34.7 Å². The molecule has 2 rings (SSSR count). The van der Waals surface area contributed by atoms with Gasteiger partial charge in [0.1, 0.15) is 5.58 Å². The molecule has 66 valence electrons. The molecule has 0 N–H and O–H groups in total. The minimum absolute atomic E-state index is 0.244. The third kappa shape index (κ3) is 1.54. The second-order valence-electron chi connectivity index (χ2n) is 2.70. The number of hydrogen-bond donors (Lipinski definition) is 0. The molecule has 0 atom stereocenters. The predicted molar refractivity (Wildman–Crippen MR) is 47.5 cm³/mol. The molecule has 0 aliphatic rings. The van der Waals surface area contributed by atoms with E-state index in [1.165, 1.54) is 6.92 Å². The quantitative estimate of drug-likeness (QED) is 0.626. The zero-order valence-corrected chi connectivity index (χ0v) is 7.11. The van der Waals surface area contributed by atoms with Crippen molar-refractivity contribution in [2.24, 2.45) is 0 Å². The van der Waals surface area contributed by atoms with Crippen LogP contribution in [0.1, 0.15) is 6.92 Å². The molecule has 0 amide bonds. The molecule has 0 saturated carbocycles. The van der Waals surface area contributed by atoms with E-state index in [4.69, 9.17) is 9.15 Å². The van der Waals surface area contributed by atoms with E-state index in [0.717, 1.165) is 11.0 Å². The van der Waals surface area contributed by atoms with Crippen molar-refractivity contribution in [3.8, 4) is 5.95 Å². The van der Waals surface area contributed by atoms with Crippen molar-refractivity contribution in [2.45, 2.75) is 6.92 Å². The molecule has 0 spiro atoms. The summed E-state index contributed by atoms with van der Waals surface area (Å²) in [5.74, 6) is -0.132. The number of carbonyl (C=O) groups is 1. The van der Waals surface area contributed by atoms with Gasteiger partial charge in [-0.1, -0.05) is 18.2 Å². The smallest absolute Gasteiger partial charge is 0.310 e. The Kier molecular flexibility index (Phi) is 1.77. The average Bonchev–Trinajstić information content (AvgIpc) is 2.44. The number of rotatable bonds is 1. The topological polar surface area (TPSA) is 39.4 Å². The predicted octanol–water partition coefficient (Wildman–Crippen LogP) is 2.36. The molecule has 0 aliphatic heterocycles. The Morgan fingerprint density at radius 3 is 2.85 bits per heavy atom. The monoisotopic (exact) mass is 176 g/mol. The maximum atomic E-state index is 10.6. The van der Waals surface area contributed by atoms with Crippen LogP contribution >= 0.6 is 0 Å². The number of fused-ring (bicyclic) bond motifs is 1. The molecule has 2 aromatic rings. The fourth-order valence-electron chi connectivity index (χ4n) is 1.15. The van der Waals surface area contributed by atoms with Crippen LogP contribution in [0, 0.1) is 0 Å². The van der Waals surface area contributed by atoms with E-state index < -0.39 is 0 Å². The third-order valence-corrected chi connectivity index (χ3v) is 1.65. The minimum atomic E-state index is -0.376. The summed E-state index contributed by atoms with van der Waals surface area (Å²) in [6.07, 6.45) is 0. The number of para-hydroxylation sites is 1. The molecule has 0 fully saturated rings. The van der Waals surface area contributed by atoms with E-state index >= 15 is 0 Å². The van der Waals surface area contributed by atoms with E-state index in [2.05, 4.69) is 0 Å². The van der Waals surface area contributed by atoms with Crippen LogP contribution < -0.4 is 4.74 Å². The lowest BCUT2D eigenvalue weighted by Crippen LogP contribution is -1.99. The van der Waals surface area contributed by atoms with Crippen molar-refractivity contribution in [1.29, 1.82) is 0 Å². The maximum Gasteiger partial charge on any atom is 0.310 e. The summed E-state index contributed by atoms with van der Waals surface area (Å²) in [4.78, 5) is 10.6. The molecule has 0 bridgehead atoms. The van der Waals surface area contributed by atoms with Gasteiger partial charge in [0.05, 0.1) is 0 Å². The van der Waals surface area contributed by atoms with Gasteiger partial charge in [0.2, 0.25) is 0 Å². The number of benzene rings is 1. The second kappa shape index (κ2) is 2.94. The molecule has 3 heteroatoms. The Labute approximate surface area is 74.9 Å². The summed E-state index contributed by atoms with van der Waals surface area (Å²) in [6, 6.07) is 9.17. The van der Waals surface area contributed by atoms with Crippen LogP contribution in [-0.4, -0.2) is 5.97 Å². The van der Waals surface area contributed by atoms with E-state index in [9.17, 15) is 4.79 Å². The van der Waals surface area contributed by atoms with Gasteiger partial charge in [0.15, 0.2) is 0 Å². The SMILES string of the molecule is CC(=O)Oc1cc2ccccc2o1. The van der Waals surface area contributed by atoms with Gasteiger partial charge in [-0.15, -0.1) is 0 Å². The van der Waals surface area contributed by atoms with Crippen LogP contribution in [0.2, 0.25) is 0 Å². The van der Waals surface area contributed by atoms with Gasteiger partial charge in [-0.2, -0.15) is 0 Å². The number of carbonyl (C=O) groups excluding carboxylic acids is 1. The van der Waals surface area contributed by atoms with Crippen LogP contribution in [-0.2, 0) is 4.79 Å². The molecule has 3 nitrogen and oxygen atoms in total. The van der Waals surface area contributed by atoms with Gasteiger partial charge in [-0.25, -0.2) is 0 Å². The highest BCUT2D eigenvalue weighted by Gasteiger charge is 2.04.